The van der Waals surface area contributed by atoms with Gasteiger partial charge in [-0.25, -0.2) is 0 Å². The Balaban J connectivity index is 1.37. The van der Waals surface area contributed by atoms with Crippen LogP contribution in [0.2, 0.25) is 0 Å². The number of nitrogens with zero attached hydrogens (tertiary/aromatic N) is 1. The highest BCUT2D eigenvalue weighted by molar-refractivity contribution is 5.95. The van der Waals surface area contributed by atoms with Crippen molar-refractivity contribution in [3.63, 3.8) is 0 Å². The van der Waals surface area contributed by atoms with Crippen LogP contribution < -0.4 is 15.4 Å². The van der Waals surface area contributed by atoms with Crippen LogP contribution in [0.5, 0.6) is 5.75 Å². The molecule has 6 heteroatoms. The van der Waals surface area contributed by atoms with Crippen molar-refractivity contribution in [3.8, 4) is 5.75 Å². The third kappa shape index (κ3) is 6.14. The summed E-state index contributed by atoms with van der Waals surface area (Å²) in [7, 11) is 1.62. The Morgan fingerprint density at radius 2 is 1.58 bits per heavy atom. The second-order valence-electron chi connectivity index (χ2n) is 9.16. The van der Waals surface area contributed by atoms with Crippen molar-refractivity contribution in [1.29, 1.82) is 0 Å². The number of carbonyl (C=O) groups is 2. The SMILES string of the molecule is COc1ccc(NC(=O)C(NC2CCN(C(=O)C3CCCCC3)CC2)c2ccccc2)cc1. The molecule has 6 nitrogen and oxygen atoms in total. The van der Waals surface area contributed by atoms with Gasteiger partial charge in [0.1, 0.15) is 11.8 Å². The van der Waals surface area contributed by atoms with E-state index in [1.54, 1.807) is 7.11 Å². The molecule has 33 heavy (non-hydrogen) atoms. The average Bonchev–Trinajstić information content (AvgIpc) is 2.88. The molecule has 1 saturated carbocycles. The van der Waals surface area contributed by atoms with Crippen molar-refractivity contribution in [2.24, 2.45) is 5.92 Å². The molecular formula is C27H35N3O3. The molecule has 2 amide bonds. The van der Waals surface area contributed by atoms with Gasteiger partial charge in [-0.3, -0.25) is 14.9 Å². The first-order valence-corrected chi connectivity index (χ1v) is 12.2. The maximum absolute atomic E-state index is 13.3. The predicted octanol–water partition coefficient (Wildman–Crippen LogP) is 4.54. The molecular weight excluding hydrogens is 414 g/mol. The predicted molar refractivity (Wildman–Crippen MR) is 130 cm³/mol. The van der Waals surface area contributed by atoms with Gasteiger partial charge in [0, 0.05) is 30.7 Å². The summed E-state index contributed by atoms with van der Waals surface area (Å²) in [6, 6.07) is 16.9. The second-order valence-corrected chi connectivity index (χ2v) is 9.16. The molecule has 1 unspecified atom stereocenters. The maximum Gasteiger partial charge on any atom is 0.246 e. The lowest BCUT2D eigenvalue weighted by Crippen LogP contribution is -2.49. The molecule has 0 spiro atoms. The Morgan fingerprint density at radius 1 is 0.909 bits per heavy atom. The fourth-order valence-corrected chi connectivity index (χ4v) is 4.97. The second kappa shape index (κ2) is 11.3. The summed E-state index contributed by atoms with van der Waals surface area (Å²) in [6.07, 6.45) is 7.41. The van der Waals surface area contributed by atoms with Gasteiger partial charge in [0.25, 0.3) is 0 Å². The minimum atomic E-state index is -0.459. The average molecular weight is 450 g/mol. The van der Waals surface area contributed by atoms with Gasteiger partial charge in [-0.2, -0.15) is 0 Å². The first-order valence-electron chi connectivity index (χ1n) is 12.2. The molecule has 2 N–H and O–H groups in total. The molecule has 1 saturated heterocycles. The molecule has 2 aliphatic rings. The van der Waals surface area contributed by atoms with Crippen LogP contribution in [0.25, 0.3) is 0 Å². The van der Waals surface area contributed by atoms with Gasteiger partial charge < -0.3 is 15.0 Å². The van der Waals surface area contributed by atoms with Gasteiger partial charge in [0.15, 0.2) is 0 Å². The number of hydrogen-bond acceptors (Lipinski definition) is 4. The first kappa shape index (κ1) is 23.3. The van der Waals surface area contributed by atoms with Gasteiger partial charge in [0.2, 0.25) is 11.8 Å². The standard InChI is InChI=1S/C27H35N3O3/c1-33-24-14-12-22(13-15-24)29-26(31)25(20-8-4-2-5-9-20)28-23-16-18-30(19-17-23)27(32)21-10-6-3-7-11-21/h2,4-5,8-9,12-15,21,23,25,28H,3,6-7,10-11,16-19H2,1H3,(H,29,31). The fourth-order valence-electron chi connectivity index (χ4n) is 4.97. The Labute approximate surface area is 196 Å². The van der Waals surface area contributed by atoms with Crippen molar-refractivity contribution in [2.75, 3.05) is 25.5 Å². The zero-order valence-electron chi connectivity index (χ0n) is 19.5. The molecule has 1 aliphatic heterocycles. The summed E-state index contributed by atoms with van der Waals surface area (Å²) in [5.74, 6) is 1.22. The molecule has 4 rings (SSSR count). The van der Waals surface area contributed by atoms with Crippen LogP contribution in [0.3, 0.4) is 0 Å². The minimum Gasteiger partial charge on any atom is -0.497 e. The molecule has 1 atom stereocenters. The number of ether oxygens (including phenoxy) is 1. The number of likely N-dealkylation sites (tertiary alicyclic amines) is 1. The van der Waals surface area contributed by atoms with Crippen LogP contribution in [0.1, 0.15) is 56.6 Å². The van der Waals surface area contributed by atoms with Crippen molar-refractivity contribution < 1.29 is 14.3 Å². The first-order chi connectivity index (χ1) is 16.1. The highest BCUT2D eigenvalue weighted by atomic mass is 16.5. The molecule has 2 aromatic rings. The topological polar surface area (TPSA) is 70.7 Å². The highest BCUT2D eigenvalue weighted by Gasteiger charge is 2.31. The largest absolute Gasteiger partial charge is 0.497 e. The number of anilines is 1. The number of methoxy groups -OCH3 is 1. The van der Waals surface area contributed by atoms with E-state index in [1.807, 2.05) is 59.5 Å². The lowest BCUT2D eigenvalue weighted by atomic mass is 9.87. The number of carbonyl (C=O) groups excluding carboxylic acids is 2. The minimum absolute atomic E-state index is 0.0907. The van der Waals surface area contributed by atoms with Crippen LogP contribution in [0, 0.1) is 5.92 Å². The molecule has 2 aromatic carbocycles. The number of nitrogens with one attached hydrogen (secondary N) is 2. The van der Waals surface area contributed by atoms with Crippen molar-refractivity contribution in [1.82, 2.24) is 10.2 Å². The number of hydrogen-bond donors (Lipinski definition) is 2. The van der Waals surface area contributed by atoms with E-state index in [4.69, 9.17) is 4.74 Å². The number of piperidine rings is 1. The van der Waals surface area contributed by atoms with Gasteiger partial charge in [0.05, 0.1) is 7.11 Å². The summed E-state index contributed by atoms with van der Waals surface area (Å²) in [4.78, 5) is 28.2. The van der Waals surface area contributed by atoms with Crippen LogP contribution in [-0.2, 0) is 9.59 Å². The van der Waals surface area contributed by atoms with E-state index in [9.17, 15) is 9.59 Å². The van der Waals surface area contributed by atoms with E-state index >= 15 is 0 Å². The quantitative estimate of drug-likeness (QED) is 0.651. The van der Waals surface area contributed by atoms with Crippen LogP contribution in [0.15, 0.2) is 54.6 Å². The van der Waals surface area contributed by atoms with Gasteiger partial charge in [-0.15, -0.1) is 0 Å². The van der Waals surface area contributed by atoms with Crippen LogP contribution in [0.4, 0.5) is 5.69 Å². The van der Waals surface area contributed by atoms with Crippen molar-refractivity contribution in [2.45, 2.75) is 57.0 Å². The fraction of sp³-hybridized carbons (Fsp3) is 0.481. The number of amides is 2. The molecule has 0 bridgehead atoms. The molecule has 176 valence electrons. The van der Waals surface area contributed by atoms with E-state index in [0.717, 1.165) is 55.8 Å². The molecule has 0 aromatic heterocycles. The zero-order valence-corrected chi connectivity index (χ0v) is 19.5. The van der Waals surface area contributed by atoms with Crippen LogP contribution in [-0.4, -0.2) is 43.0 Å². The Hall–Kier alpha value is -2.86. The van der Waals surface area contributed by atoms with E-state index in [-0.39, 0.29) is 17.9 Å². The third-order valence-electron chi connectivity index (χ3n) is 6.92. The summed E-state index contributed by atoms with van der Waals surface area (Å²) < 4.78 is 5.20. The van der Waals surface area contributed by atoms with Gasteiger partial charge in [-0.05, 0) is 55.5 Å². The summed E-state index contributed by atoms with van der Waals surface area (Å²) in [5, 5.41) is 6.61. The summed E-state index contributed by atoms with van der Waals surface area (Å²) >= 11 is 0. The zero-order chi connectivity index (χ0) is 23.0. The lowest BCUT2D eigenvalue weighted by molar-refractivity contribution is -0.137. The van der Waals surface area contributed by atoms with Crippen molar-refractivity contribution in [3.05, 3.63) is 60.2 Å². The van der Waals surface area contributed by atoms with Crippen LogP contribution >= 0.6 is 0 Å². The summed E-state index contributed by atoms with van der Waals surface area (Å²) in [5.41, 5.74) is 1.67. The third-order valence-corrected chi connectivity index (χ3v) is 6.92. The summed E-state index contributed by atoms with van der Waals surface area (Å²) in [6.45, 7) is 1.52. The Bertz CT molecular complexity index is 902. The van der Waals surface area contributed by atoms with Gasteiger partial charge >= 0.3 is 0 Å². The number of benzene rings is 2. The lowest BCUT2D eigenvalue weighted by Gasteiger charge is -2.36. The van der Waals surface area contributed by atoms with E-state index in [1.165, 1.54) is 19.3 Å². The molecule has 2 fully saturated rings. The molecule has 0 radical (unpaired) electrons. The van der Waals surface area contributed by atoms with E-state index < -0.39 is 6.04 Å². The van der Waals surface area contributed by atoms with Crippen molar-refractivity contribution >= 4 is 17.5 Å². The molecule has 1 heterocycles. The highest BCUT2D eigenvalue weighted by Crippen LogP contribution is 2.27. The Morgan fingerprint density at radius 3 is 2.21 bits per heavy atom. The smallest absolute Gasteiger partial charge is 0.246 e. The maximum atomic E-state index is 13.3. The van der Waals surface area contributed by atoms with E-state index in [2.05, 4.69) is 10.6 Å². The normalized spacial score (nSPS) is 18.5. The Kier molecular flexibility index (Phi) is 8.00. The van der Waals surface area contributed by atoms with Gasteiger partial charge in [-0.1, -0.05) is 49.6 Å². The number of rotatable bonds is 7. The molecule has 1 aliphatic carbocycles. The van der Waals surface area contributed by atoms with E-state index in [0.29, 0.717) is 5.91 Å². The monoisotopic (exact) mass is 449 g/mol.